The highest BCUT2D eigenvalue weighted by atomic mass is 32.2. The molecular weight excluding hydrogens is 376 g/mol. The number of anilines is 1. The van der Waals surface area contributed by atoms with Crippen LogP contribution in [0, 0.1) is 12.8 Å². The van der Waals surface area contributed by atoms with Crippen LogP contribution in [0.4, 0.5) is 5.69 Å². The van der Waals surface area contributed by atoms with E-state index >= 15 is 0 Å². The maximum atomic E-state index is 13.0. The number of rotatable bonds is 5. The molecule has 3 rings (SSSR count). The van der Waals surface area contributed by atoms with E-state index < -0.39 is 10.0 Å². The smallest absolute Gasteiger partial charge is 0.262 e. The highest BCUT2D eigenvalue weighted by Crippen LogP contribution is 2.28. The lowest BCUT2D eigenvalue weighted by Crippen LogP contribution is -2.39. The predicted molar refractivity (Wildman–Crippen MR) is 109 cm³/mol. The van der Waals surface area contributed by atoms with Gasteiger partial charge in [0.2, 0.25) is 0 Å². The summed E-state index contributed by atoms with van der Waals surface area (Å²) in [5, 5.41) is 0. The van der Waals surface area contributed by atoms with Crippen molar-refractivity contribution in [2.75, 3.05) is 24.9 Å². The molecule has 7 heteroatoms. The van der Waals surface area contributed by atoms with E-state index in [-0.39, 0.29) is 10.8 Å². The largest absolute Gasteiger partial charge is 0.495 e. The van der Waals surface area contributed by atoms with E-state index in [4.69, 9.17) is 4.74 Å². The maximum Gasteiger partial charge on any atom is 0.262 e. The molecule has 0 unspecified atom stereocenters. The normalized spacial score (nSPS) is 17.2. The Morgan fingerprint density at radius 1 is 1.21 bits per heavy atom. The molecule has 1 atom stereocenters. The van der Waals surface area contributed by atoms with Crippen LogP contribution in [0.2, 0.25) is 0 Å². The van der Waals surface area contributed by atoms with Gasteiger partial charge in [-0.2, -0.15) is 0 Å². The van der Waals surface area contributed by atoms with Crippen molar-refractivity contribution >= 4 is 21.6 Å². The lowest BCUT2D eigenvalue weighted by molar-refractivity contribution is 0.0683. The zero-order valence-corrected chi connectivity index (χ0v) is 17.3. The van der Waals surface area contributed by atoms with Crippen LogP contribution in [-0.2, 0) is 10.0 Å². The second kappa shape index (κ2) is 8.22. The van der Waals surface area contributed by atoms with Gasteiger partial charge >= 0.3 is 0 Å². The Bertz CT molecular complexity index is 972. The highest BCUT2D eigenvalue weighted by molar-refractivity contribution is 7.92. The first-order chi connectivity index (χ1) is 13.3. The minimum absolute atomic E-state index is 0.0920. The van der Waals surface area contributed by atoms with Gasteiger partial charge in [0.25, 0.3) is 15.9 Å². The standard InChI is InChI=1S/C21H26N2O4S/c1-15-7-6-12-23(14-15)21(24)17-11-10-16(2)20(13-17)28(25,26)22-18-8-4-5-9-19(18)27-3/h4-5,8-11,13,15,22H,6-7,12,14H2,1-3H3/t15-/m1/s1. The van der Waals surface area contributed by atoms with Crippen LogP contribution in [0.15, 0.2) is 47.4 Å². The van der Waals surface area contributed by atoms with Gasteiger partial charge in [0, 0.05) is 18.7 Å². The average Bonchev–Trinajstić information content (AvgIpc) is 2.68. The molecule has 0 spiro atoms. The molecule has 0 bridgehead atoms. The fraction of sp³-hybridized carbons (Fsp3) is 0.381. The topological polar surface area (TPSA) is 75.7 Å². The van der Waals surface area contributed by atoms with Gasteiger partial charge in [-0.25, -0.2) is 8.42 Å². The lowest BCUT2D eigenvalue weighted by atomic mass is 9.99. The molecule has 1 amide bonds. The van der Waals surface area contributed by atoms with Crippen molar-refractivity contribution in [1.29, 1.82) is 0 Å². The SMILES string of the molecule is COc1ccccc1NS(=O)(=O)c1cc(C(=O)N2CCC[C@@H](C)C2)ccc1C. The van der Waals surface area contributed by atoms with Crippen molar-refractivity contribution in [3.63, 3.8) is 0 Å². The van der Waals surface area contributed by atoms with E-state index in [1.165, 1.54) is 13.2 Å². The van der Waals surface area contributed by atoms with E-state index in [1.807, 2.05) is 4.90 Å². The van der Waals surface area contributed by atoms with Crippen molar-refractivity contribution < 1.29 is 17.9 Å². The Kier molecular flexibility index (Phi) is 5.93. The minimum atomic E-state index is -3.87. The fourth-order valence-corrected chi connectivity index (χ4v) is 4.85. The van der Waals surface area contributed by atoms with Crippen LogP contribution in [0.25, 0.3) is 0 Å². The number of aryl methyl sites for hydroxylation is 1. The van der Waals surface area contributed by atoms with Gasteiger partial charge in [0.15, 0.2) is 0 Å². The number of benzene rings is 2. The molecule has 6 nitrogen and oxygen atoms in total. The molecule has 1 N–H and O–H groups in total. The van der Waals surface area contributed by atoms with E-state index in [9.17, 15) is 13.2 Å². The maximum absolute atomic E-state index is 13.0. The molecule has 1 aliphatic heterocycles. The number of hydrogen-bond acceptors (Lipinski definition) is 4. The summed E-state index contributed by atoms with van der Waals surface area (Å²) in [4.78, 5) is 14.8. The Morgan fingerprint density at radius 2 is 1.96 bits per heavy atom. The first kappa shape index (κ1) is 20.2. The third-order valence-electron chi connectivity index (χ3n) is 5.02. The quantitative estimate of drug-likeness (QED) is 0.828. The van der Waals surface area contributed by atoms with Crippen molar-refractivity contribution in [1.82, 2.24) is 4.90 Å². The number of piperidine rings is 1. The molecule has 1 fully saturated rings. The lowest BCUT2D eigenvalue weighted by Gasteiger charge is -2.31. The third kappa shape index (κ3) is 4.30. The summed E-state index contributed by atoms with van der Waals surface area (Å²) in [6.45, 7) is 5.25. The Hall–Kier alpha value is -2.54. The number of nitrogens with zero attached hydrogens (tertiary/aromatic N) is 1. The van der Waals surface area contributed by atoms with Crippen LogP contribution in [0.1, 0.15) is 35.7 Å². The first-order valence-electron chi connectivity index (χ1n) is 9.37. The van der Waals surface area contributed by atoms with E-state index in [0.29, 0.717) is 41.6 Å². The van der Waals surface area contributed by atoms with E-state index in [1.54, 1.807) is 43.3 Å². The summed E-state index contributed by atoms with van der Waals surface area (Å²) in [5.74, 6) is 0.761. The number of sulfonamides is 1. The van der Waals surface area contributed by atoms with Crippen LogP contribution in [-0.4, -0.2) is 39.4 Å². The molecule has 0 aromatic heterocycles. The third-order valence-corrected chi connectivity index (χ3v) is 6.53. The summed E-state index contributed by atoms with van der Waals surface area (Å²) in [7, 11) is -2.39. The van der Waals surface area contributed by atoms with Gasteiger partial charge < -0.3 is 9.64 Å². The van der Waals surface area contributed by atoms with Gasteiger partial charge in [0.05, 0.1) is 17.7 Å². The van der Waals surface area contributed by atoms with Gasteiger partial charge in [-0.15, -0.1) is 0 Å². The number of hydrogen-bond donors (Lipinski definition) is 1. The highest BCUT2D eigenvalue weighted by Gasteiger charge is 2.25. The molecule has 150 valence electrons. The number of ether oxygens (including phenoxy) is 1. The summed E-state index contributed by atoms with van der Waals surface area (Å²) in [6.07, 6.45) is 2.08. The molecule has 0 saturated carbocycles. The second-order valence-corrected chi connectivity index (χ2v) is 8.94. The van der Waals surface area contributed by atoms with Crippen LogP contribution < -0.4 is 9.46 Å². The van der Waals surface area contributed by atoms with Crippen molar-refractivity contribution in [3.8, 4) is 5.75 Å². The molecular formula is C21H26N2O4S. The van der Waals surface area contributed by atoms with Crippen LogP contribution in [0.3, 0.4) is 0 Å². The monoisotopic (exact) mass is 402 g/mol. The molecule has 0 radical (unpaired) electrons. The number of nitrogens with one attached hydrogen (secondary N) is 1. The molecule has 1 aliphatic rings. The summed E-state index contributed by atoms with van der Waals surface area (Å²) in [6, 6.07) is 11.6. The van der Waals surface area contributed by atoms with Gasteiger partial charge in [0.1, 0.15) is 5.75 Å². The number of carbonyl (C=O) groups excluding carboxylic acids is 1. The molecule has 2 aromatic rings. The molecule has 2 aromatic carbocycles. The predicted octanol–water partition coefficient (Wildman–Crippen LogP) is 3.68. The van der Waals surface area contributed by atoms with Crippen molar-refractivity contribution in [3.05, 3.63) is 53.6 Å². The van der Waals surface area contributed by atoms with Gasteiger partial charge in [-0.1, -0.05) is 25.1 Å². The van der Waals surface area contributed by atoms with Crippen molar-refractivity contribution in [2.24, 2.45) is 5.92 Å². The number of carbonyl (C=O) groups is 1. The second-order valence-electron chi connectivity index (χ2n) is 7.28. The van der Waals surface area contributed by atoms with E-state index in [2.05, 4.69) is 11.6 Å². The zero-order chi connectivity index (χ0) is 20.3. The fourth-order valence-electron chi connectivity index (χ4n) is 3.51. The Morgan fingerprint density at radius 3 is 2.68 bits per heavy atom. The summed E-state index contributed by atoms with van der Waals surface area (Å²) in [5.41, 5.74) is 1.32. The number of amides is 1. The Labute approximate surface area is 166 Å². The molecule has 28 heavy (non-hydrogen) atoms. The number of likely N-dealkylation sites (tertiary alicyclic amines) is 1. The summed E-state index contributed by atoms with van der Waals surface area (Å²) < 4.78 is 33.8. The first-order valence-corrected chi connectivity index (χ1v) is 10.9. The number of methoxy groups -OCH3 is 1. The zero-order valence-electron chi connectivity index (χ0n) is 16.4. The van der Waals surface area contributed by atoms with Crippen molar-refractivity contribution in [2.45, 2.75) is 31.6 Å². The molecule has 1 heterocycles. The number of para-hydroxylation sites is 2. The van der Waals surface area contributed by atoms with Gasteiger partial charge in [-0.05, 0) is 55.5 Å². The van der Waals surface area contributed by atoms with Gasteiger partial charge in [-0.3, -0.25) is 9.52 Å². The van der Waals surface area contributed by atoms with E-state index in [0.717, 1.165) is 12.8 Å². The Balaban J connectivity index is 1.91. The van der Waals surface area contributed by atoms with Crippen LogP contribution >= 0.6 is 0 Å². The average molecular weight is 403 g/mol. The van der Waals surface area contributed by atoms with Crippen LogP contribution in [0.5, 0.6) is 5.75 Å². The molecule has 1 saturated heterocycles. The summed E-state index contributed by atoms with van der Waals surface area (Å²) >= 11 is 0. The minimum Gasteiger partial charge on any atom is -0.495 e. The molecule has 0 aliphatic carbocycles.